The Kier molecular flexibility index (Phi) is 12.1. The Morgan fingerprint density at radius 2 is 0.773 bits per heavy atom. The highest BCUT2D eigenvalue weighted by Crippen LogP contribution is 2.44. The van der Waals surface area contributed by atoms with Crippen LogP contribution in [0.5, 0.6) is 0 Å². The van der Waals surface area contributed by atoms with E-state index in [1.807, 2.05) is 48.5 Å². The summed E-state index contributed by atoms with van der Waals surface area (Å²) in [5.41, 5.74) is 4.43. The molecule has 4 aromatic rings. The Hall–Kier alpha value is -3.52. The van der Waals surface area contributed by atoms with Crippen molar-refractivity contribution in [3.05, 3.63) is 95.0 Å². The third kappa shape index (κ3) is 10.6. The summed E-state index contributed by atoms with van der Waals surface area (Å²) in [4.78, 5) is 24.1. The average molecular weight is 702 g/mol. The molecule has 2 amide bonds. The van der Waals surface area contributed by atoms with Crippen LogP contribution in [0.1, 0.15) is 13.8 Å². The lowest BCUT2D eigenvalue weighted by Crippen LogP contribution is -2.19. The van der Waals surface area contributed by atoms with Crippen LogP contribution in [0.2, 0.25) is 10.0 Å². The highest BCUT2D eigenvalue weighted by atomic mass is 35.5. The van der Waals surface area contributed by atoms with Gasteiger partial charge in [0.1, 0.15) is 0 Å². The minimum Gasteiger partial charge on any atom is -0.332 e. The van der Waals surface area contributed by atoms with Crippen molar-refractivity contribution in [2.75, 3.05) is 31.9 Å². The first-order valence-corrected chi connectivity index (χ1v) is 16.6. The second-order valence-electron chi connectivity index (χ2n) is 9.13. The van der Waals surface area contributed by atoms with E-state index in [2.05, 4.69) is 31.9 Å². The van der Waals surface area contributed by atoms with Crippen LogP contribution in [0.25, 0.3) is 0 Å². The van der Waals surface area contributed by atoms with E-state index in [9.17, 15) is 9.59 Å². The van der Waals surface area contributed by atoms with Crippen LogP contribution >= 0.6 is 69.2 Å². The minimum absolute atomic E-state index is 0.131. The molecule has 14 heteroatoms. The van der Waals surface area contributed by atoms with Crippen molar-refractivity contribution in [1.82, 2.24) is 0 Å². The number of benzene rings is 4. The van der Waals surface area contributed by atoms with Crippen molar-refractivity contribution in [2.24, 2.45) is 0 Å². The number of hydrogen-bond donors (Lipinski definition) is 6. The Labute approximate surface area is 283 Å². The molecule has 0 fully saturated rings. The molecule has 0 saturated carbocycles. The number of nitrogens with one attached hydrogen (secondary N) is 6. The zero-order chi connectivity index (χ0) is 31.6. The van der Waals surface area contributed by atoms with E-state index in [1.165, 1.54) is 35.4 Å². The molecule has 0 saturated heterocycles. The molecule has 0 radical (unpaired) electrons. The topological polar surface area (TPSA) is 106 Å². The third-order valence-corrected chi connectivity index (χ3v) is 9.27. The molecule has 0 unspecified atom stereocenters. The van der Waals surface area contributed by atoms with Crippen LogP contribution in [0.4, 0.5) is 34.1 Å². The lowest BCUT2D eigenvalue weighted by molar-refractivity contribution is -0.115. The van der Waals surface area contributed by atoms with Gasteiger partial charge in [0.05, 0.1) is 10.0 Å². The summed E-state index contributed by atoms with van der Waals surface area (Å²) in [6.07, 6.45) is 0. The SMILES string of the molecule is CC(=O)Nc1ccc(NC(=S)Nc2ccc(SSc3ccc(NC(=S)Nc4ccc(NC(C)=O)cc4)cc3Cl)c(Cl)c2)cc1. The fourth-order valence-corrected chi connectivity index (χ4v) is 7.10. The van der Waals surface area contributed by atoms with Gasteiger partial charge in [-0.15, -0.1) is 0 Å². The molecule has 0 aliphatic rings. The Bertz CT molecular complexity index is 1560. The predicted molar refractivity (Wildman–Crippen MR) is 196 cm³/mol. The van der Waals surface area contributed by atoms with Gasteiger partial charge >= 0.3 is 0 Å². The molecule has 0 aliphatic heterocycles. The first kappa shape index (κ1) is 33.4. The highest BCUT2D eigenvalue weighted by molar-refractivity contribution is 8.76. The number of rotatable bonds is 9. The van der Waals surface area contributed by atoms with Gasteiger partial charge in [0.25, 0.3) is 0 Å². The highest BCUT2D eigenvalue weighted by Gasteiger charge is 2.10. The van der Waals surface area contributed by atoms with E-state index in [4.69, 9.17) is 47.6 Å². The van der Waals surface area contributed by atoms with Crippen LogP contribution < -0.4 is 31.9 Å². The monoisotopic (exact) mass is 700 g/mol. The number of amides is 2. The molecule has 6 N–H and O–H groups in total. The molecule has 8 nitrogen and oxygen atoms in total. The van der Waals surface area contributed by atoms with Crippen LogP contribution in [-0.2, 0) is 9.59 Å². The van der Waals surface area contributed by atoms with Gasteiger partial charge in [0.2, 0.25) is 11.8 Å². The molecule has 0 bridgehead atoms. The normalized spacial score (nSPS) is 10.4. The van der Waals surface area contributed by atoms with E-state index in [0.717, 1.165) is 32.5 Å². The van der Waals surface area contributed by atoms with Gasteiger partial charge < -0.3 is 31.9 Å². The van der Waals surface area contributed by atoms with Crippen LogP contribution in [-0.4, -0.2) is 22.0 Å². The zero-order valence-electron chi connectivity index (χ0n) is 23.3. The fraction of sp³-hybridized carbons (Fsp3) is 0.0667. The van der Waals surface area contributed by atoms with Crippen molar-refractivity contribution in [3.8, 4) is 0 Å². The predicted octanol–water partition coefficient (Wildman–Crippen LogP) is 9.33. The van der Waals surface area contributed by atoms with Crippen molar-refractivity contribution < 1.29 is 9.59 Å². The molecule has 4 aromatic carbocycles. The van der Waals surface area contributed by atoms with Crippen LogP contribution in [0, 0.1) is 0 Å². The van der Waals surface area contributed by atoms with Gasteiger partial charge in [0, 0.05) is 57.8 Å². The van der Waals surface area contributed by atoms with E-state index in [-0.39, 0.29) is 11.8 Å². The largest absolute Gasteiger partial charge is 0.332 e. The number of thiocarbonyl (C=S) groups is 2. The van der Waals surface area contributed by atoms with Gasteiger partial charge in [-0.3, -0.25) is 9.59 Å². The summed E-state index contributed by atoms with van der Waals surface area (Å²) in [6, 6.07) is 25.6. The molecule has 0 aromatic heterocycles. The summed E-state index contributed by atoms with van der Waals surface area (Å²) in [5, 5.41) is 19.8. The molecular weight excluding hydrogens is 676 g/mol. The third-order valence-electron chi connectivity index (χ3n) is 5.53. The van der Waals surface area contributed by atoms with Gasteiger partial charge in [-0.1, -0.05) is 44.8 Å². The number of hydrogen-bond acceptors (Lipinski definition) is 6. The smallest absolute Gasteiger partial charge is 0.221 e. The first-order chi connectivity index (χ1) is 21.0. The number of anilines is 6. The van der Waals surface area contributed by atoms with Gasteiger partial charge in [-0.25, -0.2) is 0 Å². The molecule has 0 atom stereocenters. The maximum atomic E-state index is 11.2. The summed E-state index contributed by atoms with van der Waals surface area (Å²) in [7, 11) is 2.97. The zero-order valence-corrected chi connectivity index (χ0v) is 28.1. The Balaban J connectivity index is 1.26. The van der Waals surface area contributed by atoms with Crippen molar-refractivity contribution in [1.29, 1.82) is 0 Å². The van der Waals surface area contributed by atoms with Gasteiger partial charge in [0.15, 0.2) is 10.2 Å². The Morgan fingerprint density at radius 1 is 0.500 bits per heavy atom. The molecule has 226 valence electrons. The summed E-state index contributed by atoms with van der Waals surface area (Å²) in [6.45, 7) is 2.92. The van der Waals surface area contributed by atoms with Crippen molar-refractivity contribution >= 4 is 125 Å². The second-order valence-corrected chi connectivity index (χ2v) is 13.0. The lowest BCUT2D eigenvalue weighted by atomic mass is 10.3. The molecule has 44 heavy (non-hydrogen) atoms. The molecular formula is C30H26Cl2N6O2S4. The van der Waals surface area contributed by atoms with E-state index < -0.39 is 0 Å². The van der Waals surface area contributed by atoms with Crippen molar-refractivity contribution in [2.45, 2.75) is 23.6 Å². The van der Waals surface area contributed by atoms with Crippen LogP contribution in [0.3, 0.4) is 0 Å². The van der Waals surface area contributed by atoms with E-state index in [1.54, 1.807) is 36.4 Å². The number of halogens is 2. The van der Waals surface area contributed by atoms with Crippen LogP contribution in [0.15, 0.2) is 94.7 Å². The summed E-state index contributed by atoms with van der Waals surface area (Å²) in [5.74, 6) is -0.263. The maximum absolute atomic E-state index is 11.2. The molecule has 0 spiro atoms. The maximum Gasteiger partial charge on any atom is 0.221 e. The molecule has 0 aliphatic carbocycles. The minimum atomic E-state index is -0.131. The molecule has 0 heterocycles. The fourth-order valence-electron chi connectivity index (χ4n) is 3.65. The van der Waals surface area contributed by atoms with E-state index >= 15 is 0 Å². The quantitative estimate of drug-likeness (QED) is 0.0747. The summed E-state index contributed by atoms with van der Waals surface area (Å²) >= 11 is 24.0. The number of carbonyl (C=O) groups is 2. The van der Waals surface area contributed by atoms with E-state index in [0.29, 0.717) is 31.6 Å². The molecule has 4 rings (SSSR count). The standard InChI is InChI=1S/C30H26Cl2N6O2S4/c1-17(39)33-19-3-7-21(8-4-19)35-29(41)37-23-11-13-27(25(31)15-23)43-44-28-14-12-24(16-26(28)32)38-30(42)36-22-9-5-20(6-10-22)34-18(2)40/h3-16H,1-2H3,(H,33,39)(H,34,40)(H2,35,37,41)(H2,36,38,42). The second kappa shape index (κ2) is 16.0. The summed E-state index contributed by atoms with van der Waals surface area (Å²) < 4.78 is 0. The first-order valence-electron chi connectivity index (χ1n) is 12.9. The van der Waals surface area contributed by atoms with Gasteiger partial charge in [-0.2, -0.15) is 0 Å². The van der Waals surface area contributed by atoms with Gasteiger partial charge in [-0.05, 0) is 109 Å². The van der Waals surface area contributed by atoms with Crippen molar-refractivity contribution in [3.63, 3.8) is 0 Å². The average Bonchev–Trinajstić information content (AvgIpc) is 2.95. The number of carbonyl (C=O) groups excluding carboxylic acids is 2. The lowest BCUT2D eigenvalue weighted by Gasteiger charge is -2.13. The Morgan fingerprint density at radius 3 is 1.07 bits per heavy atom.